The first-order valence-corrected chi connectivity index (χ1v) is 9.35. The summed E-state index contributed by atoms with van der Waals surface area (Å²) in [7, 11) is 3.04. The Balaban J connectivity index is 1.93. The van der Waals surface area contributed by atoms with Crippen LogP contribution >= 0.6 is 0 Å². The van der Waals surface area contributed by atoms with Gasteiger partial charge in [-0.3, -0.25) is 4.79 Å². The van der Waals surface area contributed by atoms with Crippen LogP contribution in [0.4, 0.5) is 14.5 Å². The summed E-state index contributed by atoms with van der Waals surface area (Å²) in [4.78, 5) is 13.2. The van der Waals surface area contributed by atoms with E-state index in [1.54, 1.807) is 43.5 Å². The molecule has 1 N–H and O–H groups in total. The van der Waals surface area contributed by atoms with Gasteiger partial charge in [0, 0.05) is 11.6 Å². The molecular formula is C24H21F2NO4. The molecule has 0 saturated heterocycles. The monoisotopic (exact) mass is 425 g/mol. The van der Waals surface area contributed by atoms with Gasteiger partial charge in [0.2, 0.25) is 0 Å². The molecule has 0 fully saturated rings. The van der Waals surface area contributed by atoms with E-state index in [0.29, 0.717) is 33.9 Å². The Morgan fingerprint density at radius 3 is 2.19 bits per heavy atom. The number of carbonyl (C=O) groups excluding carboxylic acids is 1. The van der Waals surface area contributed by atoms with Crippen LogP contribution in [-0.2, 0) is 4.79 Å². The third-order valence-electron chi connectivity index (χ3n) is 4.40. The van der Waals surface area contributed by atoms with Gasteiger partial charge in [-0.15, -0.1) is 0 Å². The fourth-order valence-corrected chi connectivity index (χ4v) is 2.90. The maximum atomic E-state index is 13.2. The van der Waals surface area contributed by atoms with Crippen molar-refractivity contribution in [1.29, 1.82) is 0 Å². The molecule has 0 aromatic heterocycles. The Hall–Kier alpha value is -3.87. The molecule has 3 rings (SSSR count). The van der Waals surface area contributed by atoms with Crippen LogP contribution in [0.1, 0.15) is 11.1 Å². The maximum Gasteiger partial charge on any atom is 0.387 e. The molecule has 0 radical (unpaired) electrons. The summed E-state index contributed by atoms with van der Waals surface area (Å²) in [5.41, 5.74) is 2.22. The van der Waals surface area contributed by atoms with Crippen LogP contribution in [-0.4, -0.2) is 26.7 Å². The van der Waals surface area contributed by atoms with Gasteiger partial charge < -0.3 is 19.5 Å². The number of methoxy groups -OCH3 is 2. The topological polar surface area (TPSA) is 56.8 Å². The number of alkyl halides is 2. The fraction of sp³-hybridized carbons (Fsp3) is 0.125. The number of rotatable bonds is 8. The summed E-state index contributed by atoms with van der Waals surface area (Å²) in [5, 5.41) is 2.86. The zero-order valence-electron chi connectivity index (χ0n) is 17.0. The van der Waals surface area contributed by atoms with Gasteiger partial charge >= 0.3 is 6.61 Å². The minimum atomic E-state index is -2.90. The molecule has 31 heavy (non-hydrogen) atoms. The van der Waals surface area contributed by atoms with Gasteiger partial charge in [-0.05, 0) is 41.5 Å². The van der Waals surface area contributed by atoms with Crippen LogP contribution in [0.25, 0.3) is 11.6 Å². The van der Waals surface area contributed by atoms with Crippen molar-refractivity contribution in [1.82, 2.24) is 0 Å². The molecule has 0 atom stereocenters. The highest BCUT2D eigenvalue weighted by molar-refractivity contribution is 6.29. The smallest absolute Gasteiger partial charge is 0.387 e. The van der Waals surface area contributed by atoms with Crippen LogP contribution in [0.3, 0.4) is 0 Å². The summed E-state index contributed by atoms with van der Waals surface area (Å²) >= 11 is 0. The van der Waals surface area contributed by atoms with E-state index in [9.17, 15) is 13.6 Å². The van der Waals surface area contributed by atoms with Gasteiger partial charge in [-0.1, -0.05) is 42.5 Å². The van der Waals surface area contributed by atoms with Crippen molar-refractivity contribution in [3.8, 4) is 17.2 Å². The van der Waals surface area contributed by atoms with E-state index in [0.717, 1.165) is 0 Å². The molecule has 0 spiro atoms. The molecule has 3 aromatic rings. The molecule has 0 heterocycles. The lowest BCUT2D eigenvalue weighted by molar-refractivity contribution is -0.111. The minimum Gasteiger partial charge on any atom is -0.497 e. The number of amides is 1. The van der Waals surface area contributed by atoms with E-state index < -0.39 is 6.61 Å². The Labute approximate surface area is 178 Å². The standard InChI is InChI=1S/C24H21F2NO4/c1-29-19-12-13-21(22(15-19)30-2)27-23(28)20(17-6-4-3-5-7-17)14-16-8-10-18(11-9-16)31-24(25)26/h3-15,24H,1-2H3,(H,27,28)/b20-14+. The Morgan fingerprint density at radius 2 is 1.58 bits per heavy atom. The second-order valence-electron chi connectivity index (χ2n) is 6.39. The number of benzene rings is 3. The first-order chi connectivity index (χ1) is 15.0. The summed E-state index contributed by atoms with van der Waals surface area (Å²) < 4.78 is 39.6. The van der Waals surface area contributed by atoms with E-state index in [4.69, 9.17) is 9.47 Å². The molecule has 7 heteroatoms. The largest absolute Gasteiger partial charge is 0.497 e. The number of hydrogen-bond acceptors (Lipinski definition) is 4. The Morgan fingerprint density at radius 1 is 0.903 bits per heavy atom. The molecule has 5 nitrogen and oxygen atoms in total. The molecule has 0 aliphatic heterocycles. The lowest BCUT2D eigenvalue weighted by atomic mass is 10.0. The molecular weight excluding hydrogens is 404 g/mol. The van der Waals surface area contributed by atoms with Crippen molar-refractivity contribution in [3.05, 3.63) is 83.9 Å². The van der Waals surface area contributed by atoms with Crippen molar-refractivity contribution in [2.75, 3.05) is 19.5 Å². The van der Waals surface area contributed by atoms with Crippen LogP contribution in [0.2, 0.25) is 0 Å². The molecule has 0 unspecified atom stereocenters. The zero-order chi connectivity index (χ0) is 22.2. The molecule has 3 aromatic carbocycles. The lowest BCUT2D eigenvalue weighted by Gasteiger charge is -2.14. The van der Waals surface area contributed by atoms with Gasteiger partial charge in [0.25, 0.3) is 5.91 Å². The lowest BCUT2D eigenvalue weighted by Crippen LogP contribution is -2.14. The SMILES string of the molecule is COc1ccc(NC(=O)/C(=C/c2ccc(OC(F)F)cc2)c2ccccc2)c(OC)c1. The molecule has 0 aliphatic carbocycles. The average molecular weight is 425 g/mol. The highest BCUT2D eigenvalue weighted by atomic mass is 19.3. The van der Waals surface area contributed by atoms with E-state index in [1.165, 1.54) is 19.2 Å². The number of hydrogen-bond donors (Lipinski definition) is 1. The first-order valence-electron chi connectivity index (χ1n) is 9.35. The van der Waals surface area contributed by atoms with Crippen LogP contribution in [0.15, 0.2) is 72.8 Å². The average Bonchev–Trinajstić information content (AvgIpc) is 2.79. The number of ether oxygens (including phenoxy) is 3. The Bertz CT molecular complexity index is 1050. The quantitative estimate of drug-likeness (QED) is 0.383. The van der Waals surface area contributed by atoms with Crippen molar-refractivity contribution in [3.63, 3.8) is 0 Å². The van der Waals surface area contributed by atoms with E-state index >= 15 is 0 Å². The number of anilines is 1. The highest BCUT2D eigenvalue weighted by Crippen LogP contribution is 2.30. The predicted octanol–water partition coefficient (Wildman–Crippen LogP) is 5.48. The zero-order valence-corrected chi connectivity index (χ0v) is 17.0. The van der Waals surface area contributed by atoms with E-state index in [2.05, 4.69) is 10.1 Å². The van der Waals surface area contributed by atoms with Crippen LogP contribution in [0, 0.1) is 0 Å². The first kappa shape index (κ1) is 21.8. The number of nitrogens with one attached hydrogen (secondary N) is 1. The van der Waals surface area contributed by atoms with E-state index in [1.807, 2.05) is 30.3 Å². The third kappa shape index (κ3) is 5.82. The second-order valence-corrected chi connectivity index (χ2v) is 6.39. The summed E-state index contributed by atoms with van der Waals surface area (Å²) in [5.74, 6) is 0.733. The normalized spacial score (nSPS) is 11.2. The third-order valence-corrected chi connectivity index (χ3v) is 4.40. The van der Waals surface area contributed by atoms with Gasteiger partial charge in [-0.2, -0.15) is 8.78 Å². The Kier molecular flexibility index (Phi) is 7.22. The van der Waals surface area contributed by atoms with Crippen LogP contribution < -0.4 is 19.5 Å². The highest BCUT2D eigenvalue weighted by Gasteiger charge is 2.15. The molecule has 160 valence electrons. The second kappa shape index (κ2) is 10.2. The van der Waals surface area contributed by atoms with Gasteiger partial charge in [0.05, 0.1) is 19.9 Å². The maximum absolute atomic E-state index is 13.2. The number of halogens is 2. The van der Waals surface area contributed by atoms with Gasteiger partial charge in [0.15, 0.2) is 0 Å². The van der Waals surface area contributed by atoms with E-state index in [-0.39, 0.29) is 11.7 Å². The van der Waals surface area contributed by atoms with Gasteiger partial charge in [0.1, 0.15) is 17.2 Å². The van der Waals surface area contributed by atoms with Crippen molar-refractivity contribution in [2.45, 2.75) is 6.61 Å². The molecule has 0 aliphatic rings. The number of carbonyl (C=O) groups is 1. The summed E-state index contributed by atoms with van der Waals surface area (Å²) in [6, 6.07) is 20.2. The summed E-state index contributed by atoms with van der Waals surface area (Å²) in [6.45, 7) is -2.90. The fourth-order valence-electron chi connectivity index (χ4n) is 2.90. The minimum absolute atomic E-state index is 0.0424. The van der Waals surface area contributed by atoms with Gasteiger partial charge in [-0.25, -0.2) is 0 Å². The molecule has 0 saturated carbocycles. The predicted molar refractivity (Wildman–Crippen MR) is 116 cm³/mol. The summed E-state index contributed by atoms with van der Waals surface area (Å²) in [6.07, 6.45) is 1.67. The van der Waals surface area contributed by atoms with Crippen LogP contribution in [0.5, 0.6) is 17.2 Å². The van der Waals surface area contributed by atoms with Crippen molar-refractivity contribution < 1.29 is 27.8 Å². The molecule has 0 bridgehead atoms. The van der Waals surface area contributed by atoms with Crippen molar-refractivity contribution >= 4 is 23.2 Å². The van der Waals surface area contributed by atoms with Crippen molar-refractivity contribution in [2.24, 2.45) is 0 Å². The molecule has 1 amide bonds.